The number of carbonyl (C=O) groups excluding carboxylic acids is 2. The molecule has 6 nitrogen and oxygen atoms in total. The number of ketones is 1. The highest BCUT2D eigenvalue weighted by atomic mass is 79.9. The van der Waals surface area contributed by atoms with Gasteiger partial charge in [-0.05, 0) is 54.8 Å². The van der Waals surface area contributed by atoms with E-state index >= 15 is 0 Å². The van der Waals surface area contributed by atoms with Crippen molar-refractivity contribution in [1.82, 2.24) is 4.90 Å². The van der Waals surface area contributed by atoms with Crippen LogP contribution in [0.25, 0.3) is 5.76 Å². The summed E-state index contributed by atoms with van der Waals surface area (Å²) in [7, 11) is 0. The van der Waals surface area contributed by atoms with Crippen LogP contribution in [0.3, 0.4) is 0 Å². The molecular weight excluding hydrogens is 474 g/mol. The maximum atomic E-state index is 13.1. The van der Waals surface area contributed by atoms with E-state index < -0.39 is 17.7 Å². The van der Waals surface area contributed by atoms with Crippen LogP contribution in [0.4, 0.5) is 0 Å². The van der Waals surface area contributed by atoms with Crippen LogP contribution in [0.15, 0.2) is 71.2 Å². The summed E-state index contributed by atoms with van der Waals surface area (Å²) in [4.78, 5) is 27.6. The minimum absolute atomic E-state index is 0.0788. The lowest BCUT2D eigenvalue weighted by atomic mass is 9.95. The minimum atomic E-state index is -0.694. The molecule has 2 aliphatic heterocycles. The van der Waals surface area contributed by atoms with Gasteiger partial charge in [-0.25, -0.2) is 0 Å². The fourth-order valence-corrected chi connectivity index (χ4v) is 4.35. The van der Waals surface area contributed by atoms with Crippen molar-refractivity contribution in [1.29, 1.82) is 0 Å². The number of ether oxygens (including phenoxy) is 2. The Hall–Kier alpha value is -2.90. The maximum Gasteiger partial charge on any atom is 0.295 e. The number of halogens is 1. The van der Waals surface area contributed by atoms with Crippen molar-refractivity contribution in [2.24, 2.45) is 0 Å². The van der Waals surface area contributed by atoms with Gasteiger partial charge in [0.1, 0.15) is 18.1 Å². The number of amides is 1. The zero-order chi connectivity index (χ0) is 22.7. The quantitative estimate of drug-likeness (QED) is 0.261. The van der Waals surface area contributed by atoms with Crippen LogP contribution in [-0.2, 0) is 14.3 Å². The number of nitrogens with zero attached hydrogens (tertiary/aromatic N) is 1. The van der Waals surface area contributed by atoms with Gasteiger partial charge in [0.2, 0.25) is 0 Å². The standard InChI is InChI=1S/C25H24BrNO5/c1-2-13-31-19-11-7-17(8-12-19)23(28)21-22(16-5-9-18(26)10-6-16)27(25(30)24(21)29)15-20-4-3-14-32-20/h2,5-12,20,22,28H,1,3-4,13-15H2/t20-,22+/m0/s1. The topological polar surface area (TPSA) is 76.1 Å². The van der Waals surface area contributed by atoms with Crippen molar-refractivity contribution >= 4 is 33.4 Å². The number of likely N-dealkylation sites (tertiary alicyclic amines) is 1. The summed E-state index contributed by atoms with van der Waals surface area (Å²) < 4.78 is 12.1. The molecule has 0 spiro atoms. The molecule has 32 heavy (non-hydrogen) atoms. The summed E-state index contributed by atoms with van der Waals surface area (Å²) in [6, 6.07) is 13.5. The molecule has 2 atom stereocenters. The number of aliphatic hydroxyl groups excluding tert-OH is 1. The predicted octanol–water partition coefficient (Wildman–Crippen LogP) is 4.61. The lowest BCUT2D eigenvalue weighted by Gasteiger charge is -2.27. The first kappa shape index (κ1) is 22.3. The molecule has 2 saturated heterocycles. The smallest absolute Gasteiger partial charge is 0.295 e. The van der Waals surface area contributed by atoms with E-state index in [1.165, 1.54) is 4.90 Å². The molecular formula is C25H24BrNO5. The SMILES string of the molecule is C=CCOc1ccc(C(O)=C2C(=O)C(=O)N(C[C@@H]3CCCO3)[C@@H]2c2ccc(Br)cc2)cc1. The molecule has 2 aromatic carbocycles. The van der Waals surface area contributed by atoms with Gasteiger partial charge in [-0.3, -0.25) is 9.59 Å². The highest BCUT2D eigenvalue weighted by molar-refractivity contribution is 9.10. The molecule has 2 heterocycles. The molecule has 0 aromatic heterocycles. The lowest BCUT2D eigenvalue weighted by molar-refractivity contribution is -0.140. The summed E-state index contributed by atoms with van der Waals surface area (Å²) in [5.41, 5.74) is 1.26. The zero-order valence-corrected chi connectivity index (χ0v) is 19.1. The highest BCUT2D eigenvalue weighted by Gasteiger charge is 2.47. The van der Waals surface area contributed by atoms with Crippen molar-refractivity contribution < 1.29 is 24.2 Å². The van der Waals surface area contributed by atoms with E-state index in [-0.39, 0.29) is 17.4 Å². The van der Waals surface area contributed by atoms with E-state index in [1.54, 1.807) is 30.3 Å². The van der Waals surface area contributed by atoms with Gasteiger partial charge in [-0.15, -0.1) is 0 Å². The second-order valence-corrected chi connectivity index (χ2v) is 8.68. The Kier molecular flexibility index (Phi) is 6.77. The van der Waals surface area contributed by atoms with Crippen LogP contribution in [0.2, 0.25) is 0 Å². The van der Waals surface area contributed by atoms with Crippen molar-refractivity contribution in [2.45, 2.75) is 25.0 Å². The van der Waals surface area contributed by atoms with Crippen molar-refractivity contribution in [3.05, 3.63) is 82.4 Å². The van der Waals surface area contributed by atoms with E-state index in [0.717, 1.165) is 22.9 Å². The summed E-state index contributed by atoms with van der Waals surface area (Å²) >= 11 is 3.42. The molecule has 2 fully saturated rings. The van der Waals surface area contributed by atoms with Crippen LogP contribution >= 0.6 is 15.9 Å². The van der Waals surface area contributed by atoms with Crippen LogP contribution in [0, 0.1) is 0 Å². The van der Waals surface area contributed by atoms with E-state index in [4.69, 9.17) is 9.47 Å². The first-order valence-electron chi connectivity index (χ1n) is 10.5. The van der Waals surface area contributed by atoms with Gasteiger partial charge in [-0.2, -0.15) is 0 Å². The van der Waals surface area contributed by atoms with E-state index in [0.29, 0.717) is 31.1 Å². The van der Waals surface area contributed by atoms with Crippen molar-refractivity contribution in [3.63, 3.8) is 0 Å². The lowest BCUT2D eigenvalue weighted by Crippen LogP contribution is -2.36. The normalized spacial score (nSPS) is 22.3. The molecule has 0 unspecified atom stereocenters. The van der Waals surface area contributed by atoms with Crippen molar-refractivity contribution in [2.75, 3.05) is 19.8 Å². The van der Waals surface area contributed by atoms with E-state index in [1.807, 2.05) is 24.3 Å². The summed E-state index contributed by atoms with van der Waals surface area (Å²) in [6.07, 6.45) is 3.29. The van der Waals surface area contributed by atoms with Crippen LogP contribution in [0.5, 0.6) is 5.75 Å². The Morgan fingerprint density at radius 3 is 2.53 bits per heavy atom. The fourth-order valence-electron chi connectivity index (χ4n) is 4.09. The number of benzene rings is 2. The van der Waals surface area contributed by atoms with Gasteiger partial charge in [0.05, 0.1) is 17.7 Å². The Morgan fingerprint density at radius 1 is 1.19 bits per heavy atom. The van der Waals surface area contributed by atoms with Gasteiger partial charge < -0.3 is 19.5 Å². The minimum Gasteiger partial charge on any atom is -0.507 e. The summed E-state index contributed by atoms with van der Waals surface area (Å²) in [5.74, 6) is -0.910. The summed E-state index contributed by atoms with van der Waals surface area (Å²) in [6.45, 7) is 4.93. The second kappa shape index (κ2) is 9.71. The van der Waals surface area contributed by atoms with Gasteiger partial charge in [-0.1, -0.05) is 40.7 Å². The number of hydrogen-bond acceptors (Lipinski definition) is 5. The molecule has 0 aliphatic carbocycles. The second-order valence-electron chi connectivity index (χ2n) is 7.76. The maximum absolute atomic E-state index is 13.1. The molecule has 166 valence electrons. The van der Waals surface area contributed by atoms with Crippen molar-refractivity contribution in [3.8, 4) is 5.75 Å². The third-order valence-electron chi connectivity index (χ3n) is 5.65. The Balaban J connectivity index is 1.74. The monoisotopic (exact) mass is 497 g/mol. The highest BCUT2D eigenvalue weighted by Crippen LogP contribution is 2.40. The number of rotatable bonds is 7. The molecule has 2 aliphatic rings. The first-order chi connectivity index (χ1) is 15.5. The van der Waals surface area contributed by atoms with Crippen LogP contribution in [-0.4, -0.2) is 47.6 Å². The molecule has 7 heteroatoms. The zero-order valence-electron chi connectivity index (χ0n) is 17.5. The van der Waals surface area contributed by atoms with E-state index in [9.17, 15) is 14.7 Å². The largest absolute Gasteiger partial charge is 0.507 e. The molecule has 1 N–H and O–H groups in total. The van der Waals surface area contributed by atoms with Gasteiger partial charge in [0.15, 0.2) is 0 Å². The Morgan fingerprint density at radius 2 is 1.91 bits per heavy atom. The predicted molar refractivity (Wildman–Crippen MR) is 124 cm³/mol. The number of aliphatic hydroxyl groups is 1. The number of Topliss-reactive ketones (excluding diaryl/α,β-unsaturated/α-hetero) is 1. The molecule has 2 aromatic rings. The van der Waals surface area contributed by atoms with E-state index in [2.05, 4.69) is 22.5 Å². The summed E-state index contributed by atoms with van der Waals surface area (Å²) in [5, 5.41) is 11.1. The van der Waals surface area contributed by atoms with Crippen LogP contribution in [0.1, 0.15) is 30.0 Å². The van der Waals surface area contributed by atoms with Gasteiger partial charge >= 0.3 is 0 Å². The molecule has 0 bridgehead atoms. The van der Waals surface area contributed by atoms with Crippen LogP contribution < -0.4 is 4.74 Å². The average molecular weight is 498 g/mol. The number of hydrogen-bond donors (Lipinski definition) is 1. The van der Waals surface area contributed by atoms with Gasteiger partial charge in [0, 0.05) is 23.2 Å². The third kappa shape index (κ3) is 4.49. The Bertz CT molecular complexity index is 1040. The average Bonchev–Trinajstić information content (AvgIpc) is 3.41. The molecule has 0 saturated carbocycles. The Labute approximate surface area is 195 Å². The molecule has 0 radical (unpaired) electrons. The van der Waals surface area contributed by atoms with Gasteiger partial charge in [0.25, 0.3) is 11.7 Å². The fraction of sp³-hybridized carbons (Fsp3) is 0.280. The third-order valence-corrected chi connectivity index (χ3v) is 6.17. The first-order valence-corrected chi connectivity index (χ1v) is 11.3. The number of carbonyl (C=O) groups is 2. The molecule has 1 amide bonds. The molecule has 4 rings (SSSR count).